The summed E-state index contributed by atoms with van der Waals surface area (Å²) in [6.45, 7) is 3.62. The molecule has 3 nitrogen and oxygen atoms in total. The number of anilines is 1. The Kier molecular flexibility index (Phi) is 3.88. The van der Waals surface area contributed by atoms with Crippen LogP contribution in [-0.2, 0) is 4.79 Å². The molecule has 0 bridgehead atoms. The average Bonchev–Trinajstić information content (AvgIpc) is 2.11. The number of carbonyl (C=O) groups is 1. The molecule has 76 valence electrons. The van der Waals surface area contributed by atoms with Crippen LogP contribution in [0.15, 0.2) is 18.2 Å². The molecule has 0 heterocycles. The zero-order valence-corrected chi connectivity index (χ0v) is 10.3. The second-order valence-corrected chi connectivity index (χ2v) is 4.48. The predicted molar refractivity (Wildman–Crippen MR) is 66.2 cm³/mol. The Labute approximate surface area is 97.2 Å². The Balaban J connectivity index is 2.86. The number of nitrogens with one attached hydrogen (secondary N) is 1. The molecule has 0 saturated heterocycles. The standard InChI is InChI=1S/C10H13IN2O/c1-6-3-4-8(11)5-9(6)13-10(14)7(2)12/h3-5,7H,12H2,1-2H3,(H,13,14)/t7-/m0/s1. The molecule has 1 rings (SSSR count). The van der Waals surface area contributed by atoms with Crippen molar-refractivity contribution in [1.29, 1.82) is 0 Å². The van der Waals surface area contributed by atoms with Crippen molar-refractivity contribution in [3.8, 4) is 0 Å². The maximum atomic E-state index is 11.3. The monoisotopic (exact) mass is 304 g/mol. The van der Waals surface area contributed by atoms with Crippen LogP contribution < -0.4 is 11.1 Å². The van der Waals surface area contributed by atoms with Crippen LogP contribution in [0.3, 0.4) is 0 Å². The summed E-state index contributed by atoms with van der Waals surface area (Å²) in [6, 6.07) is 5.42. The van der Waals surface area contributed by atoms with Crippen molar-refractivity contribution < 1.29 is 4.79 Å². The largest absolute Gasteiger partial charge is 0.324 e. The second kappa shape index (κ2) is 4.75. The Hall–Kier alpha value is -0.620. The lowest BCUT2D eigenvalue weighted by Gasteiger charge is -2.10. The van der Waals surface area contributed by atoms with Gasteiger partial charge in [-0.15, -0.1) is 0 Å². The molecule has 3 N–H and O–H groups in total. The van der Waals surface area contributed by atoms with E-state index in [2.05, 4.69) is 27.9 Å². The van der Waals surface area contributed by atoms with E-state index in [9.17, 15) is 4.79 Å². The molecule has 1 aromatic carbocycles. The van der Waals surface area contributed by atoms with E-state index in [4.69, 9.17) is 5.73 Å². The van der Waals surface area contributed by atoms with Crippen LogP contribution in [-0.4, -0.2) is 11.9 Å². The van der Waals surface area contributed by atoms with Gasteiger partial charge in [0.1, 0.15) is 0 Å². The van der Waals surface area contributed by atoms with Crippen molar-refractivity contribution >= 4 is 34.2 Å². The molecule has 0 saturated carbocycles. The van der Waals surface area contributed by atoms with E-state index in [1.165, 1.54) is 0 Å². The Bertz CT molecular complexity index is 350. The molecule has 14 heavy (non-hydrogen) atoms. The first-order chi connectivity index (χ1) is 6.50. The molecule has 4 heteroatoms. The number of rotatable bonds is 2. The molecule has 0 aliphatic rings. The fourth-order valence-electron chi connectivity index (χ4n) is 0.975. The molecule has 0 aliphatic carbocycles. The smallest absolute Gasteiger partial charge is 0.241 e. The van der Waals surface area contributed by atoms with E-state index in [0.29, 0.717) is 0 Å². The van der Waals surface area contributed by atoms with Crippen LogP contribution in [0.25, 0.3) is 0 Å². The Morgan fingerprint density at radius 3 is 2.79 bits per heavy atom. The van der Waals surface area contributed by atoms with E-state index in [1.54, 1.807) is 6.92 Å². The van der Waals surface area contributed by atoms with Gasteiger partial charge in [-0.3, -0.25) is 4.79 Å². The minimum absolute atomic E-state index is 0.157. The fourth-order valence-corrected chi connectivity index (χ4v) is 1.47. The van der Waals surface area contributed by atoms with Gasteiger partial charge < -0.3 is 11.1 Å². The van der Waals surface area contributed by atoms with Crippen LogP contribution >= 0.6 is 22.6 Å². The average molecular weight is 304 g/mol. The summed E-state index contributed by atoms with van der Waals surface area (Å²) < 4.78 is 1.09. The summed E-state index contributed by atoms with van der Waals surface area (Å²) in [6.07, 6.45) is 0. The third kappa shape index (κ3) is 2.95. The minimum atomic E-state index is -0.479. The van der Waals surface area contributed by atoms with Gasteiger partial charge >= 0.3 is 0 Å². The highest BCUT2D eigenvalue weighted by Gasteiger charge is 2.08. The van der Waals surface area contributed by atoms with Gasteiger partial charge in [-0.05, 0) is 54.1 Å². The maximum Gasteiger partial charge on any atom is 0.241 e. The summed E-state index contributed by atoms with van der Waals surface area (Å²) in [4.78, 5) is 11.3. The van der Waals surface area contributed by atoms with Crippen molar-refractivity contribution in [2.75, 3.05) is 5.32 Å². The van der Waals surface area contributed by atoms with Gasteiger partial charge in [0.15, 0.2) is 0 Å². The molecule has 1 aromatic rings. The Morgan fingerprint density at radius 1 is 1.57 bits per heavy atom. The summed E-state index contributed by atoms with van der Waals surface area (Å²) >= 11 is 2.20. The molecule has 1 amide bonds. The number of halogens is 1. The first-order valence-electron chi connectivity index (χ1n) is 4.33. The number of carbonyl (C=O) groups excluding carboxylic acids is 1. The molecule has 0 aromatic heterocycles. The third-order valence-electron chi connectivity index (χ3n) is 1.87. The van der Waals surface area contributed by atoms with Crippen molar-refractivity contribution in [2.45, 2.75) is 19.9 Å². The van der Waals surface area contributed by atoms with Gasteiger partial charge in [-0.1, -0.05) is 6.07 Å². The minimum Gasteiger partial charge on any atom is -0.324 e. The zero-order valence-electron chi connectivity index (χ0n) is 8.17. The molecular weight excluding hydrogens is 291 g/mol. The molecule has 0 aliphatic heterocycles. The SMILES string of the molecule is Cc1ccc(I)cc1NC(=O)[C@H](C)N. The van der Waals surface area contributed by atoms with Crippen LogP contribution in [0.5, 0.6) is 0 Å². The molecular formula is C10H13IN2O. The predicted octanol–water partition coefficient (Wildman–Crippen LogP) is 1.89. The zero-order chi connectivity index (χ0) is 10.7. The Morgan fingerprint density at radius 2 is 2.21 bits per heavy atom. The maximum absolute atomic E-state index is 11.3. The first kappa shape index (κ1) is 11.5. The third-order valence-corrected chi connectivity index (χ3v) is 2.54. The summed E-state index contributed by atoms with van der Waals surface area (Å²) in [5, 5.41) is 2.78. The highest BCUT2D eigenvalue weighted by atomic mass is 127. The lowest BCUT2D eigenvalue weighted by atomic mass is 10.2. The van der Waals surface area contributed by atoms with Gasteiger partial charge in [0.2, 0.25) is 5.91 Å². The van der Waals surface area contributed by atoms with Gasteiger partial charge in [-0.25, -0.2) is 0 Å². The van der Waals surface area contributed by atoms with Crippen LogP contribution in [0.1, 0.15) is 12.5 Å². The van der Waals surface area contributed by atoms with E-state index in [1.807, 2.05) is 25.1 Å². The van der Waals surface area contributed by atoms with Crippen LogP contribution in [0.4, 0.5) is 5.69 Å². The highest BCUT2D eigenvalue weighted by molar-refractivity contribution is 14.1. The van der Waals surface area contributed by atoms with E-state index in [0.717, 1.165) is 14.8 Å². The van der Waals surface area contributed by atoms with E-state index < -0.39 is 6.04 Å². The topological polar surface area (TPSA) is 55.1 Å². The molecule has 0 fully saturated rings. The molecule has 0 unspecified atom stereocenters. The van der Waals surface area contributed by atoms with Crippen molar-refractivity contribution in [3.05, 3.63) is 27.3 Å². The summed E-state index contributed by atoms with van der Waals surface area (Å²) in [7, 11) is 0. The lowest BCUT2D eigenvalue weighted by Crippen LogP contribution is -2.32. The number of benzene rings is 1. The number of amides is 1. The van der Waals surface area contributed by atoms with Gasteiger partial charge in [-0.2, -0.15) is 0 Å². The lowest BCUT2D eigenvalue weighted by molar-refractivity contribution is -0.117. The van der Waals surface area contributed by atoms with Crippen molar-refractivity contribution in [1.82, 2.24) is 0 Å². The number of aryl methyl sites for hydroxylation is 1. The van der Waals surface area contributed by atoms with E-state index in [-0.39, 0.29) is 5.91 Å². The van der Waals surface area contributed by atoms with Crippen LogP contribution in [0.2, 0.25) is 0 Å². The van der Waals surface area contributed by atoms with Gasteiger partial charge in [0.25, 0.3) is 0 Å². The van der Waals surface area contributed by atoms with E-state index >= 15 is 0 Å². The summed E-state index contributed by atoms with van der Waals surface area (Å²) in [5.41, 5.74) is 7.33. The van der Waals surface area contributed by atoms with Crippen molar-refractivity contribution in [3.63, 3.8) is 0 Å². The number of hydrogen-bond acceptors (Lipinski definition) is 2. The number of hydrogen-bond donors (Lipinski definition) is 2. The summed E-state index contributed by atoms with van der Waals surface area (Å²) in [5.74, 6) is -0.157. The normalized spacial score (nSPS) is 12.3. The fraction of sp³-hybridized carbons (Fsp3) is 0.300. The van der Waals surface area contributed by atoms with Gasteiger partial charge in [0.05, 0.1) is 6.04 Å². The van der Waals surface area contributed by atoms with Gasteiger partial charge in [0, 0.05) is 9.26 Å². The number of nitrogens with two attached hydrogens (primary N) is 1. The molecule has 1 atom stereocenters. The van der Waals surface area contributed by atoms with Crippen LogP contribution in [0, 0.1) is 10.5 Å². The molecule has 0 radical (unpaired) electrons. The van der Waals surface area contributed by atoms with Crippen molar-refractivity contribution in [2.24, 2.45) is 5.73 Å². The quantitative estimate of drug-likeness (QED) is 0.820. The highest BCUT2D eigenvalue weighted by Crippen LogP contribution is 2.18. The molecule has 0 spiro atoms. The second-order valence-electron chi connectivity index (χ2n) is 3.24. The first-order valence-corrected chi connectivity index (χ1v) is 5.41.